The molecule has 5 amide bonds. The number of hydrogen-bond donors (Lipinski definition) is 9. The van der Waals surface area contributed by atoms with Crippen LogP contribution in [0.1, 0.15) is 57.8 Å². The summed E-state index contributed by atoms with van der Waals surface area (Å²) in [6.45, 7) is 0.658. The Bertz CT molecular complexity index is 693. The Balaban J connectivity index is 5.39. The molecular weight excluding hydrogens is 470 g/mol. The van der Waals surface area contributed by atoms with Crippen LogP contribution in [-0.2, 0) is 24.0 Å². The topological polar surface area (TPSA) is 264 Å². The van der Waals surface area contributed by atoms with Crippen LogP contribution < -0.4 is 49.9 Å². The Kier molecular flexibility index (Phi) is 18.8. The van der Waals surface area contributed by atoms with E-state index in [9.17, 15) is 24.0 Å². The number of nitrogens with one attached hydrogen (secondary N) is 4. The Morgan fingerprint density at radius 3 is 1.39 bits per heavy atom. The molecule has 0 unspecified atom stereocenters. The van der Waals surface area contributed by atoms with E-state index in [-0.39, 0.29) is 25.9 Å². The van der Waals surface area contributed by atoms with Crippen molar-refractivity contribution >= 4 is 29.5 Å². The van der Waals surface area contributed by atoms with E-state index >= 15 is 0 Å². The summed E-state index contributed by atoms with van der Waals surface area (Å²) in [5.41, 5.74) is 27.2. The summed E-state index contributed by atoms with van der Waals surface area (Å²) in [4.78, 5) is 61.4. The minimum atomic E-state index is -0.966. The third kappa shape index (κ3) is 15.2. The van der Waals surface area contributed by atoms with Gasteiger partial charge in [0.05, 0.1) is 13.1 Å². The number of unbranched alkanes of at least 4 members (excludes halogenated alkanes) is 3. The van der Waals surface area contributed by atoms with Gasteiger partial charge in [-0.25, -0.2) is 0 Å². The van der Waals surface area contributed by atoms with Crippen LogP contribution in [0.2, 0.25) is 0 Å². The number of carbonyl (C=O) groups is 5. The predicted octanol–water partition coefficient (Wildman–Crippen LogP) is -3.61. The predicted molar refractivity (Wildman–Crippen MR) is 136 cm³/mol. The second-order valence-corrected chi connectivity index (χ2v) is 8.48. The zero-order valence-electron chi connectivity index (χ0n) is 21.1. The molecule has 0 bridgehead atoms. The zero-order chi connectivity index (χ0) is 27.3. The minimum Gasteiger partial charge on any atom is -0.368 e. The molecule has 0 spiro atoms. The van der Waals surface area contributed by atoms with E-state index in [2.05, 4.69) is 21.3 Å². The SMILES string of the molecule is NCCCC[C@H](NC(=O)[C@H](CCCCN)NC(=O)[C@H](CCCCN)NC(=O)CNC(=O)CN)C(N)=O. The van der Waals surface area contributed by atoms with Gasteiger partial charge in [-0.05, 0) is 77.4 Å². The van der Waals surface area contributed by atoms with Crippen molar-refractivity contribution in [2.75, 3.05) is 32.7 Å². The molecule has 0 heterocycles. The molecule has 0 saturated heterocycles. The van der Waals surface area contributed by atoms with Gasteiger partial charge in [-0.2, -0.15) is 0 Å². The van der Waals surface area contributed by atoms with Gasteiger partial charge in [-0.3, -0.25) is 24.0 Å². The van der Waals surface area contributed by atoms with Gasteiger partial charge in [0, 0.05) is 0 Å². The van der Waals surface area contributed by atoms with Crippen molar-refractivity contribution in [2.24, 2.45) is 28.7 Å². The van der Waals surface area contributed by atoms with E-state index in [1.54, 1.807) is 0 Å². The van der Waals surface area contributed by atoms with Crippen molar-refractivity contribution < 1.29 is 24.0 Å². The van der Waals surface area contributed by atoms with Crippen LogP contribution >= 0.6 is 0 Å². The lowest BCUT2D eigenvalue weighted by atomic mass is 10.0. The van der Waals surface area contributed by atoms with E-state index in [1.807, 2.05) is 0 Å². The molecule has 36 heavy (non-hydrogen) atoms. The van der Waals surface area contributed by atoms with E-state index < -0.39 is 47.7 Å². The average Bonchev–Trinajstić information content (AvgIpc) is 2.85. The molecule has 0 aliphatic rings. The number of amides is 5. The van der Waals surface area contributed by atoms with Crippen molar-refractivity contribution in [1.29, 1.82) is 0 Å². The van der Waals surface area contributed by atoms with Crippen LogP contribution in [0, 0.1) is 0 Å². The largest absolute Gasteiger partial charge is 0.368 e. The molecular formula is C22H45N9O5. The standard InChI is InChI=1S/C22H45N9O5/c23-10-4-1-7-15(20(27)34)30-22(36)17(9-3-6-12-25)31-21(35)16(8-2-5-11-24)29-19(33)14-28-18(32)13-26/h15-17H,1-14,23-26H2,(H2,27,34)(H,28,32)(H,29,33)(H,30,36)(H,31,35)/t15-,16-,17-/m0/s1. The van der Waals surface area contributed by atoms with Gasteiger partial charge < -0.3 is 49.9 Å². The first-order valence-corrected chi connectivity index (χ1v) is 12.5. The molecule has 0 fully saturated rings. The lowest BCUT2D eigenvalue weighted by molar-refractivity contribution is -0.133. The Morgan fingerprint density at radius 2 is 0.972 bits per heavy atom. The van der Waals surface area contributed by atoms with Crippen LogP contribution in [-0.4, -0.2) is 80.4 Å². The van der Waals surface area contributed by atoms with Crippen molar-refractivity contribution in [3.05, 3.63) is 0 Å². The van der Waals surface area contributed by atoms with Crippen LogP contribution in [0.3, 0.4) is 0 Å². The molecule has 0 rings (SSSR count). The number of rotatable bonds is 21. The number of primary amides is 1. The van der Waals surface area contributed by atoms with Gasteiger partial charge in [-0.1, -0.05) is 0 Å². The van der Waals surface area contributed by atoms with Gasteiger partial charge in [-0.15, -0.1) is 0 Å². The fourth-order valence-corrected chi connectivity index (χ4v) is 3.34. The summed E-state index contributed by atoms with van der Waals surface area (Å²) in [5, 5.41) is 10.2. The van der Waals surface area contributed by atoms with Crippen LogP contribution in [0.15, 0.2) is 0 Å². The third-order valence-corrected chi connectivity index (χ3v) is 5.42. The normalized spacial score (nSPS) is 13.2. The molecule has 0 aliphatic heterocycles. The van der Waals surface area contributed by atoms with Crippen molar-refractivity contribution in [3.63, 3.8) is 0 Å². The fraction of sp³-hybridized carbons (Fsp3) is 0.773. The molecule has 0 aromatic rings. The highest BCUT2D eigenvalue weighted by Crippen LogP contribution is 2.07. The fourth-order valence-electron chi connectivity index (χ4n) is 3.34. The summed E-state index contributed by atoms with van der Waals surface area (Å²) in [6, 6.07) is -2.82. The molecule has 208 valence electrons. The van der Waals surface area contributed by atoms with Gasteiger partial charge in [0.15, 0.2) is 0 Å². The summed E-state index contributed by atoms with van der Waals surface area (Å²) in [7, 11) is 0. The third-order valence-electron chi connectivity index (χ3n) is 5.42. The molecule has 14 nitrogen and oxygen atoms in total. The molecule has 0 aliphatic carbocycles. The van der Waals surface area contributed by atoms with Crippen LogP contribution in [0.25, 0.3) is 0 Å². The van der Waals surface area contributed by atoms with Gasteiger partial charge in [0.25, 0.3) is 0 Å². The first kappa shape index (κ1) is 33.2. The smallest absolute Gasteiger partial charge is 0.243 e. The molecule has 14 N–H and O–H groups in total. The average molecular weight is 516 g/mol. The highest BCUT2D eigenvalue weighted by atomic mass is 16.2. The van der Waals surface area contributed by atoms with E-state index in [0.717, 1.165) is 0 Å². The van der Waals surface area contributed by atoms with Gasteiger partial charge >= 0.3 is 0 Å². The molecule has 14 heteroatoms. The minimum absolute atomic E-state index is 0.272. The molecule has 0 aromatic carbocycles. The second kappa shape index (κ2) is 20.4. The van der Waals surface area contributed by atoms with Gasteiger partial charge in [0.1, 0.15) is 18.1 Å². The number of nitrogens with two attached hydrogens (primary N) is 5. The van der Waals surface area contributed by atoms with Crippen LogP contribution in [0.4, 0.5) is 0 Å². The lowest BCUT2D eigenvalue weighted by Gasteiger charge is -2.25. The second-order valence-electron chi connectivity index (χ2n) is 8.48. The van der Waals surface area contributed by atoms with Crippen molar-refractivity contribution in [1.82, 2.24) is 21.3 Å². The van der Waals surface area contributed by atoms with E-state index in [4.69, 9.17) is 28.7 Å². The number of carbonyl (C=O) groups excluding carboxylic acids is 5. The maximum atomic E-state index is 13.1. The Morgan fingerprint density at radius 1 is 0.556 bits per heavy atom. The molecule has 0 aromatic heterocycles. The molecule has 3 atom stereocenters. The first-order valence-electron chi connectivity index (χ1n) is 12.5. The quantitative estimate of drug-likeness (QED) is 0.0682. The van der Waals surface area contributed by atoms with Crippen LogP contribution in [0.5, 0.6) is 0 Å². The zero-order valence-corrected chi connectivity index (χ0v) is 21.1. The van der Waals surface area contributed by atoms with Gasteiger partial charge in [0.2, 0.25) is 29.5 Å². The summed E-state index contributed by atoms with van der Waals surface area (Å²) in [6.07, 6.45) is 4.53. The van der Waals surface area contributed by atoms with Crippen molar-refractivity contribution in [3.8, 4) is 0 Å². The highest BCUT2D eigenvalue weighted by molar-refractivity contribution is 5.94. The maximum absolute atomic E-state index is 13.1. The number of hydrogen-bond acceptors (Lipinski definition) is 9. The van der Waals surface area contributed by atoms with E-state index in [0.29, 0.717) is 64.6 Å². The molecule has 0 radical (unpaired) electrons. The Hall–Kier alpha value is -2.81. The summed E-state index contributed by atoms with van der Waals surface area (Å²) >= 11 is 0. The molecule has 0 saturated carbocycles. The monoisotopic (exact) mass is 515 g/mol. The lowest BCUT2D eigenvalue weighted by Crippen LogP contribution is -2.57. The maximum Gasteiger partial charge on any atom is 0.243 e. The van der Waals surface area contributed by atoms with Crippen molar-refractivity contribution in [2.45, 2.75) is 75.9 Å². The first-order chi connectivity index (χ1) is 17.2. The summed E-state index contributed by atoms with van der Waals surface area (Å²) in [5.74, 6) is -2.90. The van der Waals surface area contributed by atoms with E-state index in [1.165, 1.54) is 0 Å². The summed E-state index contributed by atoms with van der Waals surface area (Å²) < 4.78 is 0. The Labute approximate surface area is 212 Å². The highest BCUT2D eigenvalue weighted by Gasteiger charge is 2.28.